The zero-order valence-electron chi connectivity index (χ0n) is 16.3. The lowest BCUT2D eigenvalue weighted by Gasteiger charge is -2.30. The fraction of sp³-hybridized carbons (Fsp3) is 0.273. The molecule has 158 valence electrons. The maximum atomic E-state index is 12.5. The largest absolute Gasteiger partial charge is 0.434 e. The summed E-state index contributed by atoms with van der Waals surface area (Å²) in [7, 11) is 0. The first kappa shape index (κ1) is 21.3. The highest BCUT2D eigenvalue weighted by molar-refractivity contribution is 6.05. The van der Waals surface area contributed by atoms with Gasteiger partial charge in [-0.05, 0) is 49.6 Å². The van der Waals surface area contributed by atoms with Crippen molar-refractivity contribution < 1.29 is 23.1 Å². The topological polar surface area (TPSA) is 84.7 Å². The number of alkyl halides is 2. The van der Waals surface area contributed by atoms with E-state index < -0.39 is 18.4 Å². The fourth-order valence-corrected chi connectivity index (χ4v) is 3.36. The molecule has 0 aromatic heterocycles. The van der Waals surface area contributed by atoms with E-state index in [2.05, 4.69) is 15.0 Å². The Labute approximate surface area is 173 Å². The van der Waals surface area contributed by atoms with Crippen LogP contribution >= 0.6 is 0 Å². The summed E-state index contributed by atoms with van der Waals surface area (Å²) in [4.78, 5) is 26.2. The number of nitrogens with one attached hydrogen (secondary N) is 1. The average molecular weight is 415 g/mol. The van der Waals surface area contributed by atoms with E-state index in [0.29, 0.717) is 11.3 Å². The number of anilines is 2. The summed E-state index contributed by atoms with van der Waals surface area (Å²) in [6.45, 7) is -1.25. The van der Waals surface area contributed by atoms with Crippen LogP contribution in [0, 0.1) is 0 Å². The molecule has 1 saturated heterocycles. The molecule has 1 fully saturated rings. The van der Waals surface area contributed by atoms with Gasteiger partial charge in [-0.3, -0.25) is 9.59 Å². The molecule has 3 N–H and O–H groups in total. The van der Waals surface area contributed by atoms with Gasteiger partial charge in [0, 0.05) is 30.3 Å². The van der Waals surface area contributed by atoms with Crippen molar-refractivity contribution >= 4 is 29.3 Å². The number of carbonyl (C=O) groups is 2. The molecular weight excluding hydrogens is 392 g/mol. The molecule has 0 bridgehead atoms. The lowest BCUT2D eigenvalue weighted by Crippen LogP contribution is -2.30. The number of piperidine rings is 1. The summed E-state index contributed by atoms with van der Waals surface area (Å²) in [6.07, 6.45) is 5.87. The highest BCUT2D eigenvalue weighted by Gasteiger charge is 2.17. The van der Waals surface area contributed by atoms with E-state index >= 15 is 0 Å². The van der Waals surface area contributed by atoms with Crippen molar-refractivity contribution in [3.8, 4) is 5.75 Å². The van der Waals surface area contributed by atoms with Crippen molar-refractivity contribution in [3.05, 3.63) is 59.7 Å². The van der Waals surface area contributed by atoms with Crippen LogP contribution in [0.1, 0.15) is 35.2 Å². The molecule has 1 heterocycles. The lowest BCUT2D eigenvalue weighted by atomic mass is 10.1. The molecule has 0 radical (unpaired) electrons. The number of hydrogen-bond donors (Lipinski definition) is 2. The summed E-state index contributed by atoms with van der Waals surface area (Å²) in [5.41, 5.74) is 7.28. The van der Waals surface area contributed by atoms with E-state index in [1.165, 1.54) is 18.2 Å². The molecule has 2 amide bonds. The first-order chi connectivity index (χ1) is 14.4. The van der Waals surface area contributed by atoms with Gasteiger partial charge in [0.1, 0.15) is 5.75 Å². The lowest BCUT2D eigenvalue weighted by molar-refractivity contribution is -0.111. The van der Waals surface area contributed by atoms with Gasteiger partial charge < -0.3 is 20.7 Å². The third-order valence-electron chi connectivity index (χ3n) is 4.79. The van der Waals surface area contributed by atoms with E-state index in [-0.39, 0.29) is 11.3 Å². The summed E-state index contributed by atoms with van der Waals surface area (Å²) in [6, 6.07) is 11.1. The Morgan fingerprint density at radius 1 is 1.10 bits per heavy atom. The van der Waals surface area contributed by atoms with Crippen molar-refractivity contribution in [1.82, 2.24) is 0 Å². The predicted molar refractivity (Wildman–Crippen MR) is 112 cm³/mol. The SMILES string of the molecule is NC(=O)c1ccc(N2CCCCC2)c(NC(=O)/C=C\c2ccccc2OC(F)F)c1. The predicted octanol–water partition coefficient (Wildman–Crippen LogP) is 4.03. The zero-order valence-corrected chi connectivity index (χ0v) is 16.3. The normalized spacial score (nSPS) is 14.2. The second-order valence-electron chi connectivity index (χ2n) is 6.88. The highest BCUT2D eigenvalue weighted by Crippen LogP contribution is 2.30. The number of rotatable bonds is 7. The van der Waals surface area contributed by atoms with Gasteiger partial charge in [0.25, 0.3) is 0 Å². The van der Waals surface area contributed by atoms with Crippen LogP contribution in [0.2, 0.25) is 0 Å². The van der Waals surface area contributed by atoms with Gasteiger partial charge in [0.05, 0.1) is 11.4 Å². The Balaban J connectivity index is 1.81. The molecule has 0 spiro atoms. The van der Waals surface area contributed by atoms with Gasteiger partial charge in [-0.2, -0.15) is 8.78 Å². The number of hydrogen-bond acceptors (Lipinski definition) is 4. The maximum absolute atomic E-state index is 12.5. The van der Waals surface area contributed by atoms with Crippen molar-refractivity contribution in [2.24, 2.45) is 5.73 Å². The third kappa shape index (κ3) is 5.56. The molecule has 8 heteroatoms. The summed E-state index contributed by atoms with van der Waals surface area (Å²) in [5.74, 6) is -1.09. The van der Waals surface area contributed by atoms with Crippen molar-refractivity contribution in [1.29, 1.82) is 0 Å². The van der Waals surface area contributed by atoms with Gasteiger partial charge in [-0.1, -0.05) is 18.2 Å². The average Bonchev–Trinajstić information content (AvgIpc) is 2.73. The standard InChI is InChI=1S/C22H23F2N3O3/c23-22(24)30-19-7-3-2-6-15(19)9-11-20(28)26-17-14-16(21(25)29)8-10-18(17)27-12-4-1-5-13-27/h2-3,6-11,14,22H,1,4-5,12-13H2,(H2,25,29)(H,26,28)/b11-9-. The monoisotopic (exact) mass is 415 g/mol. The van der Waals surface area contributed by atoms with Crippen LogP contribution in [0.5, 0.6) is 5.75 Å². The molecule has 0 saturated carbocycles. The Hall–Kier alpha value is -3.42. The zero-order chi connectivity index (χ0) is 21.5. The van der Waals surface area contributed by atoms with Crippen LogP contribution < -0.4 is 20.7 Å². The van der Waals surface area contributed by atoms with Gasteiger partial charge in [-0.15, -0.1) is 0 Å². The Kier molecular flexibility index (Phi) is 7.00. The number of amides is 2. The van der Waals surface area contributed by atoms with Crippen LogP contribution in [0.4, 0.5) is 20.2 Å². The number of halogens is 2. The van der Waals surface area contributed by atoms with Crippen LogP contribution in [0.3, 0.4) is 0 Å². The minimum Gasteiger partial charge on any atom is -0.434 e. The van der Waals surface area contributed by atoms with E-state index in [1.54, 1.807) is 36.4 Å². The molecule has 1 aliphatic heterocycles. The van der Waals surface area contributed by atoms with E-state index in [9.17, 15) is 18.4 Å². The summed E-state index contributed by atoms with van der Waals surface area (Å²) >= 11 is 0. The number of carbonyl (C=O) groups excluding carboxylic acids is 2. The van der Waals surface area contributed by atoms with Gasteiger partial charge in [0.2, 0.25) is 11.8 Å². The van der Waals surface area contributed by atoms with Crippen molar-refractivity contribution in [2.75, 3.05) is 23.3 Å². The second-order valence-corrected chi connectivity index (χ2v) is 6.88. The number of nitrogens with two attached hydrogens (primary N) is 1. The quantitative estimate of drug-likeness (QED) is 0.669. The maximum Gasteiger partial charge on any atom is 0.387 e. The Morgan fingerprint density at radius 3 is 2.53 bits per heavy atom. The molecule has 6 nitrogen and oxygen atoms in total. The van der Waals surface area contributed by atoms with Crippen LogP contribution in [0.15, 0.2) is 48.5 Å². The van der Waals surface area contributed by atoms with Gasteiger partial charge in [-0.25, -0.2) is 0 Å². The first-order valence-corrected chi connectivity index (χ1v) is 9.66. The smallest absolute Gasteiger partial charge is 0.387 e. The molecule has 2 aromatic rings. The number of nitrogens with zero attached hydrogens (tertiary/aromatic N) is 1. The van der Waals surface area contributed by atoms with Gasteiger partial charge >= 0.3 is 6.61 Å². The minimum atomic E-state index is -2.96. The van der Waals surface area contributed by atoms with Crippen LogP contribution in [-0.4, -0.2) is 31.5 Å². The minimum absolute atomic E-state index is 0.0266. The van der Waals surface area contributed by atoms with E-state index in [1.807, 2.05) is 0 Å². The number of ether oxygens (including phenoxy) is 1. The van der Waals surface area contributed by atoms with Crippen LogP contribution in [0.25, 0.3) is 6.08 Å². The first-order valence-electron chi connectivity index (χ1n) is 9.66. The van der Waals surface area contributed by atoms with Gasteiger partial charge in [0.15, 0.2) is 0 Å². The van der Waals surface area contributed by atoms with Crippen LogP contribution in [-0.2, 0) is 4.79 Å². The molecule has 3 rings (SSSR count). The van der Waals surface area contributed by atoms with E-state index in [0.717, 1.165) is 38.0 Å². The molecule has 0 aliphatic carbocycles. The highest BCUT2D eigenvalue weighted by atomic mass is 19.3. The molecular formula is C22H23F2N3O3. The Morgan fingerprint density at radius 2 is 1.83 bits per heavy atom. The van der Waals surface area contributed by atoms with Crippen molar-refractivity contribution in [2.45, 2.75) is 25.9 Å². The van der Waals surface area contributed by atoms with E-state index in [4.69, 9.17) is 5.73 Å². The molecule has 1 aliphatic rings. The second kappa shape index (κ2) is 9.87. The third-order valence-corrected chi connectivity index (χ3v) is 4.79. The number of benzene rings is 2. The molecule has 0 atom stereocenters. The molecule has 2 aromatic carbocycles. The van der Waals surface area contributed by atoms with Crippen molar-refractivity contribution in [3.63, 3.8) is 0 Å². The summed E-state index contributed by atoms with van der Waals surface area (Å²) in [5, 5.41) is 2.77. The Bertz CT molecular complexity index is 941. The number of para-hydroxylation sites is 1. The summed E-state index contributed by atoms with van der Waals surface area (Å²) < 4.78 is 29.5. The molecule has 0 unspecified atom stereocenters. The number of primary amides is 1. The molecule has 30 heavy (non-hydrogen) atoms. The fourth-order valence-electron chi connectivity index (χ4n) is 3.36.